The molecule has 121 valence electrons. The van der Waals surface area contributed by atoms with E-state index in [-0.39, 0.29) is 24.5 Å². The second-order valence-electron chi connectivity index (χ2n) is 4.65. The molecule has 0 aliphatic carbocycles. The summed E-state index contributed by atoms with van der Waals surface area (Å²) in [4.78, 5) is 44.2. The van der Waals surface area contributed by atoms with Gasteiger partial charge in [0, 0.05) is 12.4 Å². The Bertz CT molecular complexity index is 747. The molecule has 0 fully saturated rings. The van der Waals surface area contributed by atoms with Crippen LogP contribution in [-0.4, -0.2) is 34.6 Å². The minimum atomic E-state index is -0.546. The molecule has 0 spiro atoms. The number of hydrogen-bond acceptors (Lipinski definition) is 5. The van der Waals surface area contributed by atoms with Gasteiger partial charge in [0.05, 0.1) is 24.3 Å². The number of pyridine rings is 2. The summed E-state index contributed by atoms with van der Waals surface area (Å²) in [5, 5.41) is 2.71. The molecule has 0 aromatic carbocycles. The molecule has 0 saturated heterocycles. The number of aromatic nitrogens is 2. The summed E-state index contributed by atoms with van der Waals surface area (Å²) in [5.41, 5.74) is 0.857. The van der Waals surface area contributed by atoms with Gasteiger partial charge in [0.2, 0.25) is 6.29 Å². The first kappa shape index (κ1) is 17.0. The maximum Gasteiger partial charge on any atom is 0.255 e. The predicted octanol–water partition coefficient (Wildman–Crippen LogP) is 1.04. The van der Waals surface area contributed by atoms with Crippen molar-refractivity contribution in [3.63, 3.8) is 0 Å². The topological polar surface area (TPSA) is 92.3 Å². The lowest BCUT2D eigenvalue weighted by molar-refractivity contribution is -0.114. The Balaban J connectivity index is 2.23. The Labute approximate surface area is 139 Å². The fourth-order valence-corrected chi connectivity index (χ4v) is 1.99. The first-order chi connectivity index (χ1) is 11.7. The molecule has 0 atom stereocenters. The van der Waals surface area contributed by atoms with Gasteiger partial charge in [0.15, 0.2) is 0 Å². The Morgan fingerprint density at radius 3 is 2.67 bits per heavy atom. The normalized spacial score (nSPS) is 9.83. The van der Waals surface area contributed by atoms with E-state index in [1.54, 1.807) is 30.7 Å². The molecule has 1 radical (unpaired) electrons. The van der Waals surface area contributed by atoms with Gasteiger partial charge in [-0.3, -0.25) is 24.3 Å². The number of nitrogens with one attached hydrogen (secondary N) is 1. The van der Waals surface area contributed by atoms with Gasteiger partial charge in [-0.25, -0.2) is 4.98 Å². The summed E-state index contributed by atoms with van der Waals surface area (Å²) in [7, 11) is 0. The molecule has 7 nitrogen and oxygen atoms in total. The van der Waals surface area contributed by atoms with Gasteiger partial charge in [0.25, 0.3) is 11.8 Å². The lowest BCUT2D eigenvalue weighted by Crippen LogP contribution is -2.34. The first-order valence-corrected chi connectivity index (χ1v) is 7.09. The number of rotatable bonds is 7. The van der Waals surface area contributed by atoms with Crippen molar-refractivity contribution in [3.8, 4) is 0 Å². The molecule has 0 saturated carbocycles. The van der Waals surface area contributed by atoms with Crippen molar-refractivity contribution in [2.24, 2.45) is 0 Å². The van der Waals surface area contributed by atoms with Crippen LogP contribution in [0.1, 0.15) is 16.1 Å². The Morgan fingerprint density at radius 1 is 1.21 bits per heavy atom. The zero-order valence-electron chi connectivity index (χ0n) is 12.8. The van der Waals surface area contributed by atoms with E-state index in [4.69, 9.17) is 0 Å². The summed E-state index contributed by atoms with van der Waals surface area (Å²) in [6, 6.07) is 8.46. The molecule has 0 unspecified atom stereocenters. The average Bonchev–Trinajstić information content (AvgIpc) is 2.64. The van der Waals surface area contributed by atoms with Crippen molar-refractivity contribution in [3.05, 3.63) is 66.6 Å². The van der Waals surface area contributed by atoms with E-state index in [1.165, 1.54) is 12.3 Å². The van der Waals surface area contributed by atoms with Crippen LogP contribution in [0, 0.1) is 0 Å². The highest BCUT2D eigenvalue weighted by atomic mass is 16.2. The van der Waals surface area contributed by atoms with Crippen molar-refractivity contribution < 1.29 is 14.4 Å². The maximum atomic E-state index is 12.4. The fourth-order valence-electron chi connectivity index (χ4n) is 1.99. The standard InChI is InChI=1S/C17H15N4O3/c1-2-15(23)21(10-11-22)16-14(7-5-9-19-16)17(24)20-12-13-6-3-4-8-18-13/h2-9H,1,10,12H2,(H,20,24). The molecule has 2 aromatic heterocycles. The molecule has 24 heavy (non-hydrogen) atoms. The smallest absolute Gasteiger partial charge is 0.255 e. The minimum Gasteiger partial charge on any atom is -0.346 e. The van der Waals surface area contributed by atoms with Gasteiger partial charge in [-0.15, -0.1) is 0 Å². The molecule has 7 heteroatoms. The second-order valence-corrected chi connectivity index (χ2v) is 4.65. The van der Waals surface area contributed by atoms with Crippen LogP contribution in [0.2, 0.25) is 0 Å². The van der Waals surface area contributed by atoms with Crippen LogP contribution >= 0.6 is 0 Å². The molecular formula is C17H15N4O3. The molecular weight excluding hydrogens is 308 g/mol. The predicted molar refractivity (Wildman–Crippen MR) is 87.9 cm³/mol. The largest absolute Gasteiger partial charge is 0.346 e. The number of anilines is 1. The monoisotopic (exact) mass is 323 g/mol. The SMILES string of the molecule is C=CC(=O)N(C[C]=O)c1ncccc1C(=O)NCc1ccccn1. The third kappa shape index (κ3) is 4.10. The van der Waals surface area contributed by atoms with Crippen LogP contribution in [-0.2, 0) is 16.1 Å². The number of hydrogen-bond donors (Lipinski definition) is 1. The van der Waals surface area contributed by atoms with Crippen LogP contribution < -0.4 is 10.2 Å². The Kier molecular flexibility index (Phi) is 5.90. The molecule has 0 aliphatic heterocycles. The van der Waals surface area contributed by atoms with E-state index >= 15 is 0 Å². The van der Waals surface area contributed by atoms with Crippen molar-refractivity contribution in [2.45, 2.75) is 6.54 Å². The van der Waals surface area contributed by atoms with Crippen LogP contribution in [0.3, 0.4) is 0 Å². The van der Waals surface area contributed by atoms with Gasteiger partial charge in [-0.1, -0.05) is 12.6 Å². The fraction of sp³-hybridized carbons (Fsp3) is 0.118. The van der Waals surface area contributed by atoms with Crippen LogP contribution in [0.4, 0.5) is 5.82 Å². The third-order valence-electron chi connectivity index (χ3n) is 3.11. The Morgan fingerprint density at radius 2 is 2.00 bits per heavy atom. The van der Waals surface area contributed by atoms with E-state index in [1.807, 2.05) is 6.07 Å². The summed E-state index contributed by atoms with van der Waals surface area (Å²) >= 11 is 0. The summed E-state index contributed by atoms with van der Waals surface area (Å²) in [5.74, 6) is -0.906. The number of amides is 2. The zero-order chi connectivity index (χ0) is 17.4. The molecule has 2 amide bonds. The molecule has 2 heterocycles. The van der Waals surface area contributed by atoms with E-state index in [9.17, 15) is 14.4 Å². The first-order valence-electron chi connectivity index (χ1n) is 7.09. The van der Waals surface area contributed by atoms with Crippen molar-refractivity contribution in [2.75, 3.05) is 11.4 Å². The van der Waals surface area contributed by atoms with Gasteiger partial charge >= 0.3 is 0 Å². The van der Waals surface area contributed by atoms with Gasteiger partial charge in [-0.05, 0) is 30.3 Å². The summed E-state index contributed by atoms with van der Waals surface area (Å²) in [6.07, 6.45) is 5.73. The molecule has 0 bridgehead atoms. The Hall–Kier alpha value is -3.35. The molecule has 2 aromatic rings. The van der Waals surface area contributed by atoms with Crippen LogP contribution in [0.15, 0.2) is 55.4 Å². The summed E-state index contributed by atoms with van der Waals surface area (Å²) < 4.78 is 0. The molecule has 0 aliphatic rings. The molecule has 1 N–H and O–H groups in total. The average molecular weight is 323 g/mol. The highest BCUT2D eigenvalue weighted by molar-refractivity contribution is 6.07. The van der Waals surface area contributed by atoms with Crippen LogP contribution in [0.5, 0.6) is 0 Å². The van der Waals surface area contributed by atoms with Crippen molar-refractivity contribution >= 4 is 23.9 Å². The number of nitrogens with zero attached hydrogens (tertiary/aromatic N) is 3. The minimum absolute atomic E-state index is 0.0734. The number of carbonyl (C=O) groups is 2. The lowest BCUT2D eigenvalue weighted by Gasteiger charge is -2.19. The third-order valence-corrected chi connectivity index (χ3v) is 3.11. The number of carbonyl (C=O) groups excluding carboxylic acids is 3. The van der Waals surface area contributed by atoms with Gasteiger partial charge in [-0.2, -0.15) is 0 Å². The van der Waals surface area contributed by atoms with Crippen molar-refractivity contribution in [1.29, 1.82) is 0 Å². The van der Waals surface area contributed by atoms with E-state index < -0.39 is 11.8 Å². The van der Waals surface area contributed by atoms with E-state index in [0.29, 0.717) is 5.69 Å². The van der Waals surface area contributed by atoms with Gasteiger partial charge < -0.3 is 5.32 Å². The van der Waals surface area contributed by atoms with Crippen LogP contribution in [0.25, 0.3) is 0 Å². The zero-order valence-corrected chi connectivity index (χ0v) is 12.8. The summed E-state index contributed by atoms with van der Waals surface area (Å²) in [6.45, 7) is 3.26. The second kappa shape index (κ2) is 8.33. The van der Waals surface area contributed by atoms with Crippen molar-refractivity contribution in [1.82, 2.24) is 15.3 Å². The van der Waals surface area contributed by atoms with E-state index in [0.717, 1.165) is 11.0 Å². The molecule has 2 rings (SSSR count). The highest BCUT2D eigenvalue weighted by Crippen LogP contribution is 2.17. The van der Waals surface area contributed by atoms with Gasteiger partial charge in [0.1, 0.15) is 5.82 Å². The lowest BCUT2D eigenvalue weighted by atomic mass is 10.2. The quantitative estimate of drug-likeness (QED) is 0.769. The van der Waals surface area contributed by atoms with E-state index in [2.05, 4.69) is 21.9 Å². The highest BCUT2D eigenvalue weighted by Gasteiger charge is 2.21. The maximum absolute atomic E-state index is 12.4.